The van der Waals surface area contributed by atoms with Gasteiger partial charge in [-0.3, -0.25) is 4.79 Å². The molecule has 0 bridgehead atoms. The van der Waals surface area contributed by atoms with E-state index in [1.54, 1.807) is 0 Å². The average Bonchev–Trinajstić information content (AvgIpc) is 2.61. The molecule has 16 heavy (non-hydrogen) atoms. The number of rotatable bonds is 4. The van der Waals surface area contributed by atoms with Gasteiger partial charge in [-0.05, 0) is 0 Å². The summed E-state index contributed by atoms with van der Waals surface area (Å²) in [5.74, 6) is -1.18. The Morgan fingerprint density at radius 1 is 1.56 bits per heavy atom. The molecule has 0 radical (unpaired) electrons. The molecular weight excluding hydrogens is 232 g/mol. The number of thioether (sulfide) groups is 1. The fourth-order valence-electron chi connectivity index (χ4n) is 1.59. The zero-order chi connectivity index (χ0) is 12.1. The predicted octanol–water partition coefficient (Wildman–Crippen LogP) is -0.710. The van der Waals surface area contributed by atoms with E-state index in [2.05, 4.69) is 0 Å². The van der Waals surface area contributed by atoms with Crippen LogP contribution in [0.5, 0.6) is 0 Å². The van der Waals surface area contributed by atoms with E-state index >= 15 is 0 Å². The van der Waals surface area contributed by atoms with Gasteiger partial charge in [0.15, 0.2) is 0 Å². The summed E-state index contributed by atoms with van der Waals surface area (Å²) in [5, 5.41) is 26.5. The smallest absolute Gasteiger partial charge is 0.326 e. The average molecular weight is 244 g/mol. The molecule has 0 aromatic carbocycles. The number of aliphatic hydroxyl groups excluding tert-OH is 1. The van der Waals surface area contributed by atoms with Crippen LogP contribution in [0.25, 0.3) is 0 Å². The maximum Gasteiger partial charge on any atom is 0.326 e. The maximum atomic E-state index is 11.6. The zero-order valence-electron chi connectivity index (χ0n) is 8.50. The third-order valence-electron chi connectivity index (χ3n) is 2.28. The lowest BCUT2D eigenvalue weighted by molar-refractivity contribution is -0.147. The van der Waals surface area contributed by atoms with Crippen LogP contribution < -0.4 is 0 Å². The standard InChI is InChI=1S/C9H12N2O4S/c10-1-2-16-5-8(13)11-4-6(12)3-7(11)9(14)15/h6-7,12H,2-5H2,(H,14,15)/t6?,7-/m0/s1. The Kier molecular flexibility index (Phi) is 4.58. The van der Waals surface area contributed by atoms with Crippen molar-refractivity contribution in [3.8, 4) is 6.07 Å². The van der Waals surface area contributed by atoms with Gasteiger partial charge >= 0.3 is 5.97 Å². The van der Waals surface area contributed by atoms with Crippen molar-refractivity contribution in [1.29, 1.82) is 5.26 Å². The molecule has 0 spiro atoms. The summed E-state index contributed by atoms with van der Waals surface area (Å²) in [5.41, 5.74) is 0. The molecule has 1 amide bonds. The molecule has 2 atom stereocenters. The molecular formula is C9H12N2O4S. The topological polar surface area (TPSA) is 102 Å². The number of hydrogen-bond acceptors (Lipinski definition) is 5. The Labute approximate surface area is 96.8 Å². The van der Waals surface area contributed by atoms with Crippen LogP contribution in [0.15, 0.2) is 0 Å². The van der Waals surface area contributed by atoms with Crippen LogP contribution in [-0.4, -0.2) is 57.2 Å². The second-order valence-corrected chi connectivity index (χ2v) is 4.43. The number of aliphatic carboxylic acids is 1. The Morgan fingerprint density at radius 3 is 2.81 bits per heavy atom. The van der Waals surface area contributed by atoms with E-state index in [-0.39, 0.29) is 30.4 Å². The molecule has 2 N–H and O–H groups in total. The highest BCUT2D eigenvalue weighted by atomic mass is 32.2. The number of carboxylic acids is 1. The second-order valence-electron chi connectivity index (χ2n) is 3.44. The van der Waals surface area contributed by atoms with E-state index in [0.717, 1.165) is 16.7 Å². The van der Waals surface area contributed by atoms with E-state index in [4.69, 9.17) is 10.4 Å². The number of carbonyl (C=O) groups excluding carboxylic acids is 1. The van der Waals surface area contributed by atoms with Gasteiger partial charge in [-0.2, -0.15) is 5.26 Å². The molecule has 0 aromatic rings. The number of hydrogen-bond donors (Lipinski definition) is 2. The summed E-state index contributed by atoms with van der Waals surface area (Å²) in [7, 11) is 0. The summed E-state index contributed by atoms with van der Waals surface area (Å²) in [6.45, 7) is 0.0584. The van der Waals surface area contributed by atoms with Gasteiger partial charge in [-0.1, -0.05) is 0 Å². The highest BCUT2D eigenvalue weighted by Gasteiger charge is 2.38. The van der Waals surface area contributed by atoms with Crippen LogP contribution in [0.1, 0.15) is 6.42 Å². The Bertz CT molecular complexity index is 328. The van der Waals surface area contributed by atoms with Crippen molar-refractivity contribution in [2.75, 3.05) is 18.1 Å². The molecule has 88 valence electrons. The molecule has 6 nitrogen and oxygen atoms in total. The zero-order valence-corrected chi connectivity index (χ0v) is 9.31. The van der Waals surface area contributed by atoms with Crippen molar-refractivity contribution < 1.29 is 19.8 Å². The number of carbonyl (C=O) groups is 2. The van der Waals surface area contributed by atoms with Crippen molar-refractivity contribution in [3.63, 3.8) is 0 Å². The second kappa shape index (κ2) is 5.72. The number of nitrogens with zero attached hydrogens (tertiary/aromatic N) is 2. The lowest BCUT2D eigenvalue weighted by Crippen LogP contribution is -2.41. The highest BCUT2D eigenvalue weighted by molar-refractivity contribution is 8.00. The number of nitriles is 1. The van der Waals surface area contributed by atoms with E-state index in [0.29, 0.717) is 0 Å². The monoisotopic (exact) mass is 244 g/mol. The van der Waals surface area contributed by atoms with Gasteiger partial charge in [0.05, 0.1) is 23.7 Å². The predicted molar refractivity (Wildman–Crippen MR) is 56.7 cm³/mol. The molecule has 1 unspecified atom stereocenters. The summed E-state index contributed by atoms with van der Waals surface area (Å²) < 4.78 is 0. The molecule has 1 saturated heterocycles. The van der Waals surface area contributed by atoms with Gasteiger partial charge in [0, 0.05) is 13.0 Å². The molecule has 1 rings (SSSR count). The van der Waals surface area contributed by atoms with Crippen molar-refractivity contribution in [2.24, 2.45) is 0 Å². The molecule has 1 aliphatic heterocycles. The van der Waals surface area contributed by atoms with Gasteiger partial charge in [-0.15, -0.1) is 11.8 Å². The highest BCUT2D eigenvalue weighted by Crippen LogP contribution is 2.19. The van der Waals surface area contributed by atoms with E-state index in [9.17, 15) is 14.7 Å². The molecule has 1 heterocycles. The molecule has 0 aromatic heterocycles. The Morgan fingerprint density at radius 2 is 2.25 bits per heavy atom. The number of likely N-dealkylation sites (tertiary alicyclic amines) is 1. The van der Waals surface area contributed by atoms with Crippen LogP contribution in [-0.2, 0) is 9.59 Å². The third-order valence-corrected chi connectivity index (χ3v) is 3.06. The number of β-amino-alcohol motifs (C(OH)–C–C–N with tert-alkyl or cyclic N) is 1. The first kappa shape index (κ1) is 12.8. The quantitative estimate of drug-likeness (QED) is 0.633. The van der Waals surface area contributed by atoms with Gasteiger partial charge in [0.25, 0.3) is 0 Å². The van der Waals surface area contributed by atoms with Crippen LogP contribution >= 0.6 is 11.8 Å². The Hall–Kier alpha value is -1.26. The van der Waals surface area contributed by atoms with E-state index < -0.39 is 18.1 Å². The molecule has 0 saturated carbocycles. The van der Waals surface area contributed by atoms with Crippen molar-refractivity contribution in [1.82, 2.24) is 4.90 Å². The fraction of sp³-hybridized carbons (Fsp3) is 0.667. The lowest BCUT2D eigenvalue weighted by atomic mass is 10.2. The minimum Gasteiger partial charge on any atom is -0.480 e. The van der Waals surface area contributed by atoms with Gasteiger partial charge in [-0.25, -0.2) is 4.79 Å². The van der Waals surface area contributed by atoms with Gasteiger partial charge < -0.3 is 15.1 Å². The summed E-state index contributed by atoms with van der Waals surface area (Å²) >= 11 is 1.14. The lowest BCUT2D eigenvalue weighted by Gasteiger charge is -2.20. The van der Waals surface area contributed by atoms with Crippen LogP contribution in [0.3, 0.4) is 0 Å². The molecule has 1 fully saturated rings. The first-order valence-corrected chi connectivity index (χ1v) is 5.86. The summed E-state index contributed by atoms with van der Waals surface area (Å²) in [4.78, 5) is 23.6. The maximum absolute atomic E-state index is 11.6. The Balaban J connectivity index is 2.54. The molecule has 0 aliphatic carbocycles. The first-order chi connectivity index (χ1) is 7.56. The van der Waals surface area contributed by atoms with E-state index in [1.807, 2.05) is 6.07 Å². The number of aliphatic hydroxyl groups is 1. The van der Waals surface area contributed by atoms with Gasteiger partial charge in [0.1, 0.15) is 6.04 Å². The number of amides is 1. The molecule has 1 aliphatic rings. The van der Waals surface area contributed by atoms with Gasteiger partial charge in [0.2, 0.25) is 5.91 Å². The van der Waals surface area contributed by atoms with Crippen LogP contribution in [0, 0.1) is 11.3 Å². The minimum atomic E-state index is -1.10. The third kappa shape index (κ3) is 3.12. The van der Waals surface area contributed by atoms with Crippen LogP contribution in [0.2, 0.25) is 0 Å². The van der Waals surface area contributed by atoms with Crippen LogP contribution in [0.4, 0.5) is 0 Å². The summed E-state index contributed by atoms with van der Waals surface area (Å²) in [6.07, 6.45) is -0.699. The van der Waals surface area contributed by atoms with Crippen molar-refractivity contribution >= 4 is 23.6 Å². The first-order valence-electron chi connectivity index (χ1n) is 4.71. The summed E-state index contributed by atoms with van der Waals surface area (Å²) in [6, 6.07) is 0.943. The molecule has 7 heteroatoms. The SMILES string of the molecule is N#CCSCC(=O)N1CC(O)C[C@H]1C(=O)O. The van der Waals surface area contributed by atoms with E-state index in [1.165, 1.54) is 0 Å². The van der Waals surface area contributed by atoms with Crippen molar-refractivity contribution in [2.45, 2.75) is 18.6 Å². The minimum absolute atomic E-state index is 0.0584. The largest absolute Gasteiger partial charge is 0.480 e. The normalized spacial score (nSPS) is 24.1. The number of carboxylic acid groups (broad SMARTS) is 1. The van der Waals surface area contributed by atoms with Crippen molar-refractivity contribution in [3.05, 3.63) is 0 Å². The fourth-order valence-corrected chi connectivity index (χ4v) is 2.12.